The third kappa shape index (κ3) is 5.45. The normalized spacial score (nSPS) is 15.2. The van der Waals surface area contributed by atoms with E-state index in [1.54, 1.807) is 42.3 Å². The number of carbonyl (C=O) groups excluding carboxylic acids is 2. The minimum atomic E-state index is -0.565. The number of nitrogens with one attached hydrogen (secondary N) is 2. The molecule has 0 radical (unpaired) electrons. The lowest BCUT2D eigenvalue weighted by atomic mass is 9.79. The Morgan fingerprint density at radius 1 is 1.06 bits per heavy atom. The number of methoxy groups -OCH3 is 2. The minimum Gasteiger partial charge on any atom is -0.497 e. The molecule has 3 rings (SSSR count). The molecule has 0 aromatic heterocycles. The van der Waals surface area contributed by atoms with Gasteiger partial charge in [0.05, 0.1) is 19.9 Å². The molecule has 31 heavy (non-hydrogen) atoms. The molecule has 0 bridgehead atoms. The molecule has 2 aromatic carbocycles. The number of nitrogens with zero attached hydrogens (tertiary/aromatic N) is 1. The fourth-order valence-corrected chi connectivity index (χ4v) is 3.53. The van der Waals surface area contributed by atoms with Crippen LogP contribution in [0.4, 0.5) is 14.9 Å². The Morgan fingerprint density at radius 2 is 1.74 bits per heavy atom. The first-order chi connectivity index (χ1) is 14.8. The van der Waals surface area contributed by atoms with Crippen LogP contribution in [-0.2, 0) is 11.3 Å². The first kappa shape index (κ1) is 22.4. The topological polar surface area (TPSA) is 79.9 Å². The van der Waals surface area contributed by atoms with Crippen molar-refractivity contribution in [2.24, 2.45) is 5.41 Å². The number of hydrogen-bond donors (Lipinski definition) is 2. The van der Waals surface area contributed by atoms with Crippen molar-refractivity contribution in [3.05, 3.63) is 53.8 Å². The molecule has 0 saturated carbocycles. The van der Waals surface area contributed by atoms with E-state index < -0.39 is 5.41 Å². The quantitative estimate of drug-likeness (QED) is 0.732. The lowest BCUT2D eigenvalue weighted by molar-refractivity contribution is -0.132. The summed E-state index contributed by atoms with van der Waals surface area (Å²) in [7, 11) is 3.09. The molecule has 0 unspecified atom stereocenters. The molecule has 1 heterocycles. The van der Waals surface area contributed by atoms with Crippen LogP contribution in [0.5, 0.6) is 11.5 Å². The van der Waals surface area contributed by atoms with E-state index in [9.17, 15) is 14.0 Å². The number of carbonyl (C=O) groups is 2. The molecular weight excluding hydrogens is 401 g/mol. The van der Waals surface area contributed by atoms with Gasteiger partial charge in [-0.05, 0) is 42.7 Å². The van der Waals surface area contributed by atoms with E-state index in [-0.39, 0.29) is 17.8 Å². The second-order valence-corrected chi connectivity index (χ2v) is 7.85. The van der Waals surface area contributed by atoms with Crippen LogP contribution in [0.15, 0.2) is 42.5 Å². The zero-order chi connectivity index (χ0) is 22.4. The second-order valence-electron chi connectivity index (χ2n) is 7.85. The second kappa shape index (κ2) is 9.68. The Labute approximate surface area is 181 Å². The summed E-state index contributed by atoms with van der Waals surface area (Å²) in [6, 6.07) is 11.0. The molecule has 0 atom stereocenters. The number of rotatable bonds is 6. The van der Waals surface area contributed by atoms with Crippen LogP contribution >= 0.6 is 0 Å². The van der Waals surface area contributed by atoms with E-state index in [2.05, 4.69) is 10.6 Å². The van der Waals surface area contributed by atoms with Crippen LogP contribution in [0.3, 0.4) is 0 Å². The summed E-state index contributed by atoms with van der Waals surface area (Å²) in [4.78, 5) is 27.2. The van der Waals surface area contributed by atoms with E-state index in [0.29, 0.717) is 49.7 Å². The number of urea groups is 1. The molecule has 3 amide bonds. The molecular formula is C23H28FN3O4. The molecule has 2 aromatic rings. The number of hydrogen-bond acceptors (Lipinski definition) is 4. The summed E-state index contributed by atoms with van der Waals surface area (Å²) in [6.45, 7) is 3.17. The summed E-state index contributed by atoms with van der Waals surface area (Å²) in [6.07, 6.45) is 1.09. The zero-order valence-corrected chi connectivity index (χ0v) is 18.0. The van der Waals surface area contributed by atoms with Gasteiger partial charge in [0, 0.05) is 31.1 Å². The number of ether oxygens (including phenoxy) is 2. The van der Waals surface area contributed by atoms with Crippen LogP contribution in [0, 0.1) is 11.2 Å². The van der Waals surface area contributed by atoms with Crippen molar-refractivity contribution in [2.45, 2.75) is 26.3 Å². The van der Waals surface area contributed by atoms with Crippen LogP contribution in [0.2, 0.25) is 0 Å². The standard InChI is InChI=1S/C23H28FN3O4/c1-23(21(28)25-15-16-4-6-17(24)7-5-16)10-12-27(13-11-23)22(29)26-19-14-18(30-2)8-9-20(19)31-3/h4-9,14H,10-13,15H2,1-3H3,(H,25,28)(H,26,29). The van der Waals surface area contributed by atoms with Crippen LogP contribution in [-0.4, -0.2) is 44.1 Å². The maximum atomic E-state index is 13.0. The predicted molar refractivity (Wildman–Crippen MR) is 116 cm³/mol. The zero-order valence-electron chi connectivity index (χ0n) is 18.0. The lowest BCUT2D eigenvalue weighted by Crippen LogP contribution is -2.49. The molecule has 1 saturated heterocycles. The van der Waals surface area contributed by atoms with Gasteiger partial charge in [0.1, 0.15) is 17.3 Å². The highest BCUT2D eigenvalue weighted by Gasteiger charge is 2.38. The van der Waals surface area contributed by atoms with Crippen molar-refractivity contribution in [1.82, 2.24) is 10.2 Å². The summed E-state index contributed by atoms with van der Waals surface area (Å²) >= 11 is 0. The van der Waals surface area contributed by atoms with Gasteiger partial charge in [-0.25, -0.2) is 9.18 Å². The number of halogens is 1. The number of amides is 3. The van der Waals surface area contributed by atoms with Gasteiger partial charge < -0.3 is 25.0 Å². The number of benzene rings is 2. The maximum Gasteiger partial charge on any atom is 0.321 e. The van der Waals surface area contributed by atoms with Crippen molar-refractivity contribution in [1.29, 1.82) is 0 Å². The molecule has 7 nitrogen and oxygen atoms in total. The molecule has 0 aliphatic carbocycles. The Balaban J connectivity index is 1.55. The molecule has 2 N–H and O–H groups in total. The van der Waals surface area contributed by atoms with Gasteiger partial charge in [-0.3, -0.25) is 4.79 Å². The third-order valence-corrected chi connectivity index (χ3v) is 5.72. The van der Waals surface area contributed by atoms with Crippen LogP contribution in [0.25, 0.3) is 0 Å². The highest BCUT2D eigenvalue weighted by Crippen LogP contribution is 2.33. The SMILES string of the molecule is COc1ccc(OC)c(NC(=O)N2CCC(C)(C(=O)NCc3ccc(F)cc3)CC2)c1. The molecule has 1 aliphatic heterocycles. The Bertz CT molecular complexity index is 925. The largest absolute Gasteiger partial charge is 0.497 e. The van der Waals surface area contributed by atoms with Crippen LogP contribution in [0.1, 0.15) is 25.3 Å². The van der Waals surface area contributed by atoms with Gasteiger partial charge in [0.2, 0.25) is 5.91 Å². The maximum absolute atomic E-state index is 13.0. The van der Waals surface area contributed by atoms with Gasteiger partial charge in [0.25, 0.3) is 0 Å². The Kier molecular flexibility index (Phi) is 6.99. The van der Waals surface area contributed by atoms with Crippen LogP contribution < -0.4 is 20.1 Å². The smallest absolute Gasteiger partial charge is 0.321 e. The summed E-state index contributed by atoms with van der Waals surface area (Å²) in [5, 5.41) is 5.79. The van der Waals surface area contributed by atoms with E-state index in [1.165, 1.54) is 19.2 Å². The molecule has 166 valence electrons. The first-order valence-electron chi connectivity index (χ1n) is 10.2. The lowest BCUT2D eigenvalue weighted by Gasteiger charge is -2.38. The monoisotopic (exact) mass is 429 g/mol. The fourth-order valence-electron chi connectivity index (χ4n) is 3.53. The van der Waals surface area contributed by atoms with Crippen molar-refractivity contribution in [3.8, 4) is 11.5 Å². The van der Waals surface area contributed by atoms with E-state index in [1.807, 2.05) is 6.92 Å². The summed E-state index contributed by atoms with van der Waals surface area (Å²) < 4.78 is 23.5. The Hall–Kier alpha value is -3.29. The average Bonchev–Trinajstić information content (AvgIpc) is 2.78. The average molecular weight is 429 g/mol. The molecule has 8 heteroatoms. The molecule has 1 fully saturated rings. The summed E-state index contributed by atoms with van der Waals surface area (Å²) in [5.41, 5.74) is 0.796. The molecule has 0 spiro atoms. The van der Waals surface area contributed by atoms with Gasteiger partial charge in [-0.2, -0.15) is 0 Å². The number of anilines is 1. The number of piperidine rings is 1. The first-order valence-corrected chi connectivity index (χ1v) is 10.2. The van der Waals surface area contributed by atoms with Gasteiger partial charge in [-0.1, -0.05) is 19.1 Å². The molecule has 1 aliphatic rings. The van der Waals surface area contributed by atoms with Crippen molar-refractivity contribution in [3.63, 3.8) is 0 Å². The predicted octanol–water partition coefficient (Wildman–Crippen LogP) is 3.79. The van der Waals surface area contributed by atoms with E-state index in [4.69, 9.17) is 9.47 Å². The van der Waals surface area contributed by atoms with Crippen molar-refractivity contribution in [2.75, 3.05) is 32.6 Å². The fraction of sp³-hybridized carbons (Fsp3) is 0.391. The van der Waals surface area contributed by atoms with Gasteiger partial charge in [0.15, 0.2) is 0 Å². The summed E-state index contributed by atoms with van der Waals surface area (Å²) in [5.74, 6) is 0.780. The van der Waals surface area contributed by atoms with E-state index in [0.717, 1.165) is 5.56 Å². The Morgan fingerprint density at radius 3 is 2.35 bits per heavy atom. The van der Waals surface area contributed by atoms with Gasteiger partial charge >= 0.3 is 6.03 Å². The van der Waals surface area contributed by atoms with Crippen molar-refractivity contribution >= 4 is 17.6 Å². The number of likely N-dealkylation sites (tertiary alicyclic amines) is 1. The van der Waals surface area contributed by atoms with Gasteiger partial charge in [-0.15, -0.1) is 0 Å². The minimum absolute atomic E-state index is 0.0636. The van der Waals surface area contributed by atoms with E-state index >= 15 is 0 Å². The highest BCUT2D eigenvalue weighted by molar-refractivity contribution is 5.91. The third-order valence-electron chi connectivity index (χ3n) is 5.72. The highest BCUT2D eigenvalue weighted by atomic mass is 19.1. The van der Waals surface area contributed by atoms with Crippen molar-refractivity contribution < 1.29 is 23.5 Å².